The number of aromatic nitrogens is 4. The molecule has 152 valence electrons. The third-order valence-electron chi connectivity index (χ3n) is 4.76. The van der Waals surface area contributed by atoms with E-state index in [2.05, 4.69) is 20.3 Å². The van der Waals surface area contributed by atoms with Gasteiger partial charge in [0.25, 0.3) is 0 Å². The third-order valence-corrected chi connectivity index (χ3v) is 4.76. The van der Waals surface area contributed by atoms with E-state index in [1.54, 1.807) is 12.4 Å². The van der Waals surface area contributed by atoms with E-state index in [4.69, 9.17) is 4.98 Å². The Bertz CT molecular complexity index is 1120. The van der Waals surface area contributed by atoms with Gasteiger partial charge in [0.15, 0.2) is 0 Å². The quantitative estimate of drug-likeness (QED) is 0.446. The molecule has 5 nitrogen and oxygen atoms in total. The van der Waals surface area contributed by atoms with Crippen LogP contribution in [0.2, 0.25) is 0 Å². The van der Waals surface area contributed by atoms with Crippen molar-refractivity contribution >= 4 is 0 Å². The number of pyridine rings is 2. The van der Waals surface area contributed by atoms with E-state index in [9.17, 15) is 8.78 Å². The zero-order chi connectivity index (χ0) is 20.9. The highest BCUT2D eigenvalue weighted by molar-refractivity contribution is 5.76. The van der Waals surface area contributed by atoms with E-state index in [0.29, 0.717) is 18.9 Å². The minimum Gasteiger partial charge on any atom is -0.339 e. The first-order valence-corrected chi connectivity index (χ1v) is 9.69. The van der Waals surface area contributed by atoms with Crippen LogP contribution < -0.4 is 5.32 Å². The lowest BCUT2D eigenvalue weighted by molar-refractivity contribution is 0.545. The maximum atomic E-state index is 13.8. The van der Waals surface area contributed by atoms with Gasteiger partial charge in [0.2, 0.25) is 0 Å². The minimum absolute atomic E-state index is 0.0894. The zero-order valence-corrected chi connectivity index (χ0v) is 16.5. The monoisotopic (exact) mass is 405 g/mol. The first-order valence-electron chi connectivity index (χ1n) is 9.69. The Morgan fingerprint density at radius 3 is 2.40 bits per heavy atom. The molecule has 0 saturated carbocycles. The number of halogens is 2. The topological polar surface area (TPSA) is 66.5 Å². The summed E-state index contributed by atoms with van der Waals surface area (Å²) in [5.74, 6) is -0.334. The van der Waals surface area contributed by atoms with Crippen molar-refractivity contribution in [2.24, 2.45) is 0 Å². The maximum absolute atomic E-state index is 13.8. The number of H-pyrrole nitrogens is 1. The molecule has 0 aliphatic carbocycles. The van der Waals surface area contributed by atoms with E-state index in [0.717, 1.165) is 28.3 Å². The predicted molar refractivity (Wildman–Crippen MR) is 112 cm³/mol. The molecule has 0 fully saturated rings. The van der Waals surface area contributed by atoms with Crippen molar-refractivity contribution in [2.75, 3.05) is 6.54 Å². The molecule has 0 aliphatic rings. The number of aromatic amines is 1. The highest BCUT2D eigenvalue weighted by Gasteiger charge is 2.15. The molecule has 0 bridgehead atoms. The van der Waals surface area contributed by atoms with E-state index in [1.165, 1.54) is 18.2 Å². The number of imidazole rings is 1. The van der Waals surface area contributed by atoms with Crippen molar-refractivity contribution in [3.05, 3.63) is 89.6 Å². The molecular weight excluding hydrogens is 384 g/mol. The molecule has 0 saturated heterocycles. The van der Waals surface area contributed by atoms with E-state index >= 15 is 0 Å². The maximum Gasteiger partial charge on any atom is 0.129 e. The Morgan fingerprint density at radius 2 is 1.67 bits per heavy atom. The van der Waals surface area contributed by atoms with Gasteiger partial charge in [-0.25, -0.2) is 13.8 Å². The molecule has 0 atom stereocenters. The summed E-state index contributed by atoms with van der Waals surface area (Å²) < 4.78 is 27.5. The largest absolute Gasteiger partial charge is 0.339 e. The van der Waals surface area contributed by atoms with E-state index < -0.39 is 11.6 Å². The minimum atomic E-state index is -0.525. The number of rotatable bonds is 7. The van der Waals surface area contributed by atoms with Crippen LogP contribution in [-0.2, 0) is 13.0 Å². The second-order valence-electron chi connectivity index (χ2n) is 6.93. The molecule has 0 aliphatic heterocycles. The van der Waals surface area contributed by atoms with E-state index in [1.807, 2.05) is 37.3 Å². The predicted octanol–water partition coefficient (Wildman–Crippen LogP) is 4.45. The fourth-order valence-electron chi connectivity index (χ4n) is 3.28. The number of hydrogen-bond acceptors (Lipinski definition) is 4. The van der Waals surface area contributed by atoms with Gasteiger partial charge in [-0.1, -0.05) is 12.1 Å². The van der Waals surface area contributed by atoms with Gasteiger partial charge in [-0.3, -0.25) is 9.97 Å². The summed E-state index contributed by atoms with van der Waals surface area (Å²) in [6, 6.07) is 13.5. The summed E-state index contributed by atoms with van der Waals surface area (Å²) in [5.41, 5.74) is 4.34. The lowest BCUT2D eigenvalue weighted by Crippen LogP contribution is -2.18. The molecule has 3 heterocycles. The van der Waals surface area contributed by atoms with Gasteiger partial charge in [-0.15, -0.1) is 0 Å². The second-order valence-corrected chi connectivity index (χ2v) is 6.93. The van der Waals surface area contributed by atoms with Crippen LogP contribution in [0.3, 0.4) is 0 Å². The molecule has 0 spiro atoms. The first kappa shape index (κ1) is 19.8. The van der Waals surface area contributed by atoms with Gasteiger partial charge in [0, 0.05) is 29.2 Å². The average molecular weight is 405 g/mol. The first-order chi connectivity index (χ1) is 14.6. The van der Waals surface area contributed by atoms with Gasteiger partial charge in [0.1, 0.15) is 17.5 Å². The van der Waals surface area contributed by atoms with Crippen LogP contribution in [0, 0.1) is 18.6 Å². The molecule has 4 aromatic rings. The fraction of sp³-hybridized carbons (Fsp3) is 0.174. The molecule has 1 aromatic carbocycles. The molecule has 0 amide bonds. The van der Waals surface area contributed by atoms with Crippen LogP contribution in [0.5, 0.6) is 0 Å². The Balaban J connectivity index is 1.53. The van der Waals surface area contributed by atoms with Gasteiger partial charge in [0.05, 0.1) is 23.6 Å². The number of hydrogen-bond donors (Lipinski definition) is 2. The highest BCUT2D eigenvalue weighted by atomic mass is 19.1. The van der Waals surface area contributed by atoms with Crippen molar-refractivity contribution < 1.29 is 8.78 Å². The van der Waals surface area contributed by atoms with Crippen LogP contribution in [-0.4, -0.2) is 26.5 Å². The molecule has 0 radical (unpaired) electrons. The van der Waals surface area contributed by atoms with Gasteiger partial charge in [-0.2, -0.15) is 0 Å². The lowest BCUT2D eigenvalue weighted by atomic mass is 10.1. The smallest absolute Gasteiger partial charge is 0.129 e. The standard InChI is InChI=1S/C23H21F2N5/c1-15-4-2-7-20(28-15)23-22(16-8-11-26-12-9-16)29-21(30-23)14-27-13-10-17-18(24)5-3-6-19(17)25/h2-9,11-12,27H,10,13-14H2,1H3,(H,29,30). The summed E-state index contributed by atoms with van der Waals surface area (Å²) in [6.45, 7) is 2.79. The molecule has 30 heavy (non-hydrogen) atoms. The van der Waals surface area contributed by atoms with Gasteiger partial charge < -0.3 is 10.3 Å². The van der Waals surface area contributed by atoms with Gasteiger partial charge in [-0.05, 0) is 56.3 Å². The van der Waals surface area contributed by atoms with Crippen molar-refractivity contribution in [3.8, 4) is 22.6 Å². The number of aryl methyl sites for hydroxylation is 1. The zero-order valence-electron chi connectivity index (χ0n) is 16.5. The Kier molecular flexibility index (Phi) is 5.90. The SMILES string of the molecule is Cc1cccc(-c2[nH]c(CNCCc3c(F)cccc3F)nc2-c2ccncc2)n1. The van der Waals surface area contributed by atoms with Crippen molar-refractivity contribution in [3.63, 3.8) is 0 Å². The van der Waals surface area contributed by atoms with Crippen molar-refractivity contribution in [1.82, 2.24) is 25.3 Å². The van der Waals surface area contributed by atoms with E-state index in [-0.39, 0.29) is 12.0 Å². The molecule has 4 rings (SSSR count). The van der Waals surface area contributed by atoms with Crippen LogP contribution >= 0.6 is 0 Å². The molecule has 0 unspecified atom stereocenters. The molecule has 2 N–H and O–H groups in total. The Hall–Kier alpha value is -3.45. The number of benzene rings is 1. The van der Waals surface area contributed by atoms with Crippen LogP contribution in [0.15, 0.2) is 60.9 Å². The summed E-state index contributed by atoms with van der Waals surface area (Å²) in [4.78, 5) is 16.8. The Morgan fingerprint density at radius 1 is 0.933 bits per heavy atom. The highest BCUT2D eigenvalue weighted by Crippen LogP contribution is 2.28. The third kappa shape index (κ3) is 4.41. The van der Waals surface area contributed by atoms with Crippen molar-refractivity contribution in [1.29, 1.82) is 0 Å². The summed E-state index contributed by atoms with van der Waals surface area (Å²) in [6.07, 6.45) is 3.69. The number of nitrogens with one attached hydrogen (secondary N) is 2. The van der Waals surface area contributed by atoms with Gasteiger partial charge >= 0.3 is 0 Å². The average Bonchev–Trinajstić information content (AvgIpc) is 3.18. The molecule has 7 heteroatoms. The number of nitrogens with zero attached hydrogens (tertiary/aromatic N) is 3. The lowest BCUT2D eigenvalue weighted by Gasteiger charge is -2.05. The fourth-order valence-corrected chi connectivity index (χ4v) is 3.28. The summed E-state index contributed by atoms with van der Waals surface area (Å²) in [7, 11) is 0. The molecule has 3 aromatic heterocycles. The summed E-state index contributed by atoms with van der Waals surface area (Å²) >= 11 is 0. The van der Waals surface area contributed by atoms with Crippen LogP contribution in [0.25, 0.3) is 22.6 Å². The van der Waals surface area contributed by atoms with Crippen LogP contribution in [0.1, 0.15) is 17.1 Å². The van der Waals surface area contributed by atoms with Crippen molar-refractivity contribution in [2.45, 2.75) is 19.9 Å². The van der Waals surface area contributed by atoms with Crippen LogP contribution in [0.4, 0.5) is 8.78 Å². The molecular formula is C23H21F2N5. The normalized spacial score (nSPS) is 11.0. The Labute approximate surface area is 173 Å². The second kappa shape index (κ2) is 8.92. The summed E-state index contributed by atoms with van der Waals surface area (Å²) in [5, 5.41) is 3.20.